The Morgan fingerprint density at radius 1 is 1.26 bits per heavy atom. The summed E-state index contributed by atoms with van der Waals surface area (Å²) in [6.45, 7) is 0.156. The summed E-state index contributed by atoms with van der Waals surface area (Å²) in [5, 5.41) is 6.77. The van der Waals surface area contributed by atoms with Gasteiger partial charge >= 0.3 is 0 Å². The highest BCUT2D eigenvalue weighted by Gasteiger charge is 1.99. The van der Waals surface area contributed by atoms with Crippen LogP contribution in [-0.2, 0) is 4.79 Å². The van der Waals surface area contributed by atoms with Crippen molar-refractivity contribution in [3.63, 3.8) is 0 Å². The molecule has 0 saturated carbocycles. The minimum absolute atomic E-state index is 0.156. The molecule has 0 aliphatic heterocycles. The van der Waals surface area contributed by atoms with Gasteiger partial charge in [-0.2, -0.15) is 5.10 Å². The molecule has 2 N–H and O–H groups in total. The number of anilines is 1. The number of halogens is 1. The summed E-state index contributed by atoms with van der Waals surface area (Å²) in [5.41, 5.74) is 3.29. The van der Waals surface area contributed by atoms with E-state index < -0.39 is 0 Å². The minimum atomic E-state index is -0.231. The third-order valence-corrected chi connectivity index (χ3v) is 2.63. The Balaban J connectivity index is 1.74. The van der Waals surface area contributed by atoms with Gasteiger partial charge in [0.05, 0.1) is 12.8 Å². The van der Waals surface area contributed by atoms with Gasteiger partial charge in [0.2, 0.25) is 0 Å². The molecule has 0 aliphatic rings. The van der Waals surface area contributed by atoms with Gasteiger partial charge in [0.15, 0.2) is 4.67 Å². The zero-order valence-corrected chi connectivity index (χ0v) is 11.6. The van der Waals surface area contributed by atoms with Crippen molar-refractivity contribution < 1.29 is 9.21 Å². The summed E-state index contributed by atoms with van der Waals surface area (Å²) in [5.74, 6) is 0.328. The second kappa shape index (κ2) is 6.75. The lowest BCUT2D eigenvalue weighted by atomic mass is 10.3. The van der Waals surface area contributed by atoms with E-state index in [-0.39, 0.29) is 12.5 Å². The van der Waals surface area contributed by atoms with Crippen LogP contribution in [0.1, 0.15) is 5.76 Å². The SMILES string of the molecule is O=C(CNc1ccccc1)N/N=C\c1ccc(Br)o1. The quantitative estimate of drug-likeness (QED) is 0.657. The highest BCUT2D eigenvalue weighted by atomic mass is 79.9. The maximum absolute atomic E-state index is 11.5. The smallest absolute Gasteiger partial charge is 0.259 e. The topological polar surface area (TPSA) is 66.6 Å². The molecular weight excluding hydrogens is 310 g/mol. The second-order valence-electron chi connectivity index (χ2n) is 3.65. The van der Waals surface area contributed by atoms with Crippen LogP contribution in [0.3, 0.4) is 0 Å². The fourth-order valence-corrected chi connectivity index (χ4v) is 1.66. The average molecular weight is 322 g/mol. The van der Waals surface area contributed by atoms with Gasteiger partial charge in [0.1, 0.15) is 5.76 Å². The van der Waals surface area contributed by atoms with E-state index in [1.165, 1.54) is 6.21 Å². The van der Waals surface area contributed by atoms with E-state index in [1.807, 2.05) is 30.3 Å². The van der Waals surface area contributed by atoms with Gasteiger partial charge in [0.25, 0.3) is 5.91 Å². The van der Waals surface area contributed by atoms with Crippen LogP contribution in [0, 0.1) is 0 Å². The molecule has 0 bridgehead atoms. The first kappa shape index (κ1) is 13.4. The molecule has 0 saturated heterocycles. The first-order chi connectivity index (χ1) is 9.24. The number of nitrogens with one attached hydrogen (secondary N) is 2. The molecule has 0 atom stereocenters. The molecule has 0 fully saturated rings. The Labute approximate surface area is 118 Å². The van der Waals surface area contributed by atoms with Crippen LogP contribution in [0.15, 0.2) is 56.7 Å². The highest BCUT2D eigenvalue weighted by molar-refractivity contribution is 9.10. The molecule has 1 amide bonds. The van der Waals surface area contributed by atoms with Gasteiger partial charge in [-0.1, -0.05) is 18.2 Å². The first-order valence-corrected chi connectivity index (χ1v) is 6.39. The Kier molecular flexibility index (Phi) is 4.74. The molecule has 98 valence electrons. The molecule has 19 heavy (non-hydrogen) atoms. The molecule has 1 aromatic heterocycles. The summed E-state index contributed by atoms with van der Waals surface area (Å²) in [7, 11) is 0. The van der Waals surface area contributed by atoms with Crippen LogP contribution in [0.4, 0.5) is 5.69 Å². The normalized spacial score (nSPS) is 10.6. The summed E-state index contributed by atoms with van der Waals surface area (Å²) in [6, 6.07) is 13.0. The van der Waals surface area contributed by atoms with Crippen LogP contribution < -0.4 is 10.7 Å². The van der Waals surface area contributed by atoms with Crippen molar-refractivity contribution in [3.8, 4) is 0 Å². The molecule has 2 aromatic rings. The number of amides is 1. The van der Waals surface area contributed by atoms with Crippen molar-refractivity contribution in [1.29, 1.82) is 0 Å². The zero-order valence-electron chi connectivity index (χ0n) is 9.97. The maximum atomic E-state index is 11.5. The Hall–Kier alpha value is -2.08. The van der Waals surface area contributed by atoms with Crippen LogP contribution in [0.5, 0.6) is 0 Å². The average Bonchev–Trinajstić information content (AvgIpc) is 2.83. The van der Waals surface area contributed by atoms with E-state index in [4.69, 9.17) is 4.42 Å². The molecule has 0 unspecified atom stereocenters. The van der Waals surface area contributed by atoms with Crippen molar-refractivity contribution >= 4 is 33.7 Å². The van der Waals surface area contributed by atoms with Crippen LogP contribution in [0.2, 0.25) is 0 Å². The fourth-order valence-electron chi connectivity index (χ4n) is 1.34. The summed E-state index contributed by atoms with van der Waals surface area (Å²) in [6.07, 6.45) is 1.44. The largest absolute Gasteiger partial charge is 0.448 e. The van der Waals surface area contributed by atoms with E-state index in [9.17, 15) is 4.79 Å². The summed E-state index contributed by atoms with van der Waals surface area (Å²) < 4.78 is 5.81. The lowest BCUT2D eigenvalue weighted by Gasteiger charge is -2.04. The lowest BCUT2D eigenvalue weighted by molar-refractivity contribution is -0.119. The number of hydrogen-bond donors (Lipinski definition) is 2. The first-order valence-electron chi connectivity index (χ1n) is 5.60. The fraction of sp³-hybridized carbons (Fsp3) is 0.0769. The van der Waals surface area contributed by atoms with Gasteiger partial charge in [-0.25, -0.2) is 5.43 Å². The number of carbonyl (C=O) groups is 1. The lowest BCUT2D eigenvalue weighted by Crippen LogP contribution is -2.25. The number of para-hydroxylation sites is 1. The van der Waals surface area contributed by atoms with Crippen molar-refractivity contribution in [2.24, 2.45) is 5.10 Å². The van der Waals surface area contributed by atoms with Crippen LogP contribution in [0.25, 0.3) is 0 Å². The molecule has 6 heteroatoms. The van der Waals surface area contributed by atoms with E-state index in [0.29, 0.717) is 10.4 Å². The second-order valence-corrected chi connectivity index (χ2v) is 4.44. The number of hydrazone groups is 1. The Bertz CT molecular complexity index is 566. The standard InChI is InChI=1S/C13H12BrN3O2/c14-12-7-6-11(19-12)8-16-17-13(18)9-15-10-4-2-1-3-5-10/h1-8,15H,9H2,(H,17,18)/b16-8-. The number of rotatable bonds is 5. The molecule has 0 radical (unpaired) electrons. The molecule has 1 heterocycles. The van der Waals surface area contributed by atoms with E-state index in [0.717, 1.165) is 5.69 Å². The van der Waals surface area contributed by atoms with E-state index in [1.54, 1.807) is 12.1 Å². The summed E-state index contributed by atoms with van der Waals surface area (Å²) >= 11 is 3.18. The minimum Gasteiger partial charge on any atom is -0.448 e. The third-order valence-electron chi connectivity index (χ3n) is 2.20. The van der Waals surface area contributed by atoms with Crippen molar-refractivity contribution in [1.82, 2.24) is 5.43 Å². The summed E-state index contributed by atoms with van der Waals surface area (Å²) in [4.78, 5) is 11.5. The van der Waals surface area contributed by atoms with Crippen molar-refractivity contribution in [2.75, 3.05) is 11.9 Å². The molecule has 0 aliphatic carbocycles. The monoisotopic (exact) mass is 321 g/mol. The van der Waals surface area contributed by atoms with Gasteiger partial charge in [-0.15, -0.1) is 0 Å². The molecule has 1 aromatic carbocycles. The Morgan fingerprint density at radius 2 is 2.05 bits per heavy atom. The number of benzene rings is 1. The van der Waals surface area contributed by atoms with Crippen LogP contribution >= 0.6 is 15.9 Å². The molecule has 2 rings (SSSR count). The molecule has 0 spiro atoms. The highest BCUT2D eigenvalue weighted by Crippen LogP contribution is 2.11. The predicted octanol–water partition coefficient (Wildman–Crippen LogP) is 2.60. The molecule has 5 nitrogen and oxygen atoms in total. The number of carbonyl (C=O) groups excluding carboxylic acids is 1. The predicted molar refractivity (Wildman–Crippen MR) is 77.1 cm³/mol. The number of furan rings is 1. The number of hydrogen-bond acceptors (Lipinski definition) is 4. The van der Waals surface area contributed by atoms with Crippen LogP contribution in [-0.4, -0.2) is 18.7 Å². The van der Waals surface area contributed by atoms with Crippen molar-refractivity contribution in [3.05, 3.63) is 52.9 Å². The van der Waals surface area contributed by atoms with E-state index >= 15 is 0 Å². The Morgan fingerprint density at radius 3 is 2.74 bits per heavy atom. The third kappa shape index (κ3) is 4.59. The van der Waals surface area contributed by atoms with Crippen molar-refractivity contribution in [2.45, 2.75) is 0 Å². The number of nitrogens with zero attached hydrogens (tertiary/aromatic N) is 1. The zero-order chi connectivity index (χ0) is 13.5. The maximum Gasteiger partial charge on any atom is 0.259 e. The molecular formula is C13H12BrN3O2. The van der Waals surface area contributed by atoms with Gasteiger partial charge in [-0.05, 0) is 40.2 Å². The van der Waals surface area contributed by atoms with Gasteiger partial charge in [0, 0.05) is 5.69 Å². The van der Waals surface area contributed by atoms with E-state index in [2.05, 4.69) is 31.8 Å². The van der Waals surface area contributed by atoms with Gasteiger partial charge in [-0.3, -0.25) is 4.79 Å². The van der Waals surface area contributed by atoms with Gasteiger partial charge < -0.3 is 9.73 Å².